The van der Waals surface area contributed by atoms with Crippen molar-refractivity contribution >= 4 is 15.9 Å². The molecule has 0 atom stereocenters. The molecular weight excluding hydrogens is 355 g/mol. The Morgan fingerprint density at radius 3 is 2.35 bits per heavy atom. The standard InChI is InChI=1S/C19H23FN2O3S/c1-14-4-6-17(7-5-14)13-22(16(3)23)11-10-21-26(24,25)18-8-9-19(20)15(2)12-18/h4-9,12,21H,10-11,13H2,1-3H3. The third-order valence-electron chi connectivity index (χ3n) is 4.05. The summed E-state index contributed by atoms with van der Waals surface area (Å²) in [6, 6.07) is 11.4. The van der Waals surface area contributed by atoms with Crippen LogP contribution in [-0.4, -0.2) is 32.3 Å². The second kappa shape index (κ2) is 8.42. The molecule has 0 aliphatic rings. The van der Waals surface area contributed by atoms with Crippen LogP contribution in [0.1, 0.15) is 23.6 Å². The van der Waals surface area contributed by atoms with Crippen LogP contribution < -0.4 is 4.72 Å². The van der Waals surface area contributed by atoms with Crippen LogP contribution in [0.3, 0.4) is 0 Å². The summed E-state index contributed by atoms with van der Waals surface area (Å²) in [5, 5.41) is 0. The van der Waals surface area contributed by atoms with Gasteiger partial charge in [-0.15, -0.1) is 0 Å². The lowest BCUT2D eigenvalue weighted by atomic mass is 10.1. The molecule has 0 spiro atoms. The van der Waals surface area contributed by atoms with Gasteiger partial charge in [0, 0.05) is 26.6 Å². The first kappa shape index (κ1) is 20.1. The highest BCUT2D eigenvalue weighted by Crippen LogP contribution is 2.14. The Morgan fingerprint density at radius 1 is 1.12 bits per heavy atom. The normalized spacial score (nSPS) is 11.4. The van der Waals surface area contributed by atoms with E-state index in [4.69, 9.17) is 0 Å². The number of rotatable bonds is 7. The van der Waals surface area contributed by atoms with Gasteiger partial charge in [0.25, 0.3) is 0 Å². The molecule has 5 nitrogen and oxygen atoms in total. The number of sulfonamides is 1. The summed E-state index contributed by atoms with van der Waals surface area (Å²) in [7, 11) is -3.75. The predicted octanol–water partition coefficient (Wildman–Crippen LogP) is 2.77. The highest BCUT2D eigenvalue weighted by atomic mass is 32.2. The summed E-state index contributed by atoms with van der Waals surface area (Å²) >= 11 is 0. The van der Waals surface area contributed by atoms with Crippen molar-refractivity contribution in [1.29, 1.82) is 0 Å². The maximum Gasteiger partial charge on any atom is 0.240 e. The molecule has 0 aromatic heterocycles. The van der Waals surface area contributed by atoms with Crippen LogP contribution in [-0.2, 0) is 21.4 Å². The average molecular weight is 378 g/mol. The molecule has 26 heavy (non-hydrogen) atoms. The Morgan fingerprint density at radius 2 is 1.77 bits per heavy atom. The van der Waals surface area contributed by atoms with Crippen molar-refractivity contribution in [1.82, 2.24) is 9.62 Å². The Kier molecular flexibility index (Phi) is 6.50. The van der Waals surface area contributed by atoms with Crippen molar-refractivity contribution in [2.45, 2.75) is 32.2 Å². The molecule has 0 bridgehead atoms. The van der Waals surface area contributed by atoms with E-state index in [1.807, 2.05) is 31.2 Å². The molecule has 1 N–H and O–H groups in total. The van der Waals surface area contributed by atoms with Crippen molar-refractivity contribution in [3.63, 3.8) is 0 Å². The first-order valence-corrected chi connectivity index (χ1v) is 9.74. The van der Waals surface area contributed by atoms with Crippen molar-refractivity contribution in [3.05, 3.63) is 65.0 Å². The van der Waals surface area contributed by atoms with E-state index in [-0.39, 0.29) is 29.5 Å². The van der Waals surface area contributed by atoms with Crippen LogP contribution in [0.2, 0.25) is 0 Å². The Labute approximate surface area is 153 Å². The number of halogens is 1. The lowest BCUT2D eigenvalue weighted by Gasteiger charge is -2.21. The first-order valence-electron chi connectivity index (χ1n) is 8.26. The number of nitrogens with one attached hydrogen (secondary N) is 1. The minimum Gasteiger partial charge on any atom is -0.337 e. The molecule has 0 radical (unpaired) electrons. The molecule has 140 valence electrons. The fraction of sp³-hybridized carbons (Fsp3) is 0.316. The van der Waals surface area contributed by atoms with Gasteiger partial charge < -0.3 is 4.90 Å². The third-order valence-corrected chi connectivity index (χ3v) is 5.51. The monoisotopic (exact) mass is 378 g/mol. The van der Waals surface area contributed by atoms with Crippen molar-refractivity contribution in [3.8, 4) is 0 Å². The topological polar surface area (TPSA) is 66.5 Å². The van der Waals surface area contributed by atoms with E-state index < -0.39 is 15.8 Å². The van der Waals surface area contributed by atoms with E-state index in [0.29, 0.717) is 6.54 Å². The summed E-state index contributed by atoms with van der Waals surface area (Å²) in [6.45, 7) is 5.66. The number of benzene rings is 2. The fourth-order valence-corrected chi connectivity index (χ4v) is 3.55. The van der Waals surface area contributed by atoms with Crippen LogP contribution >= 0.6 is 0 Å². The highest BCUT2D eigenvalue weighted by Gasteiger charge is 2.16. The number of amides is 1. The van der Waals surface area contributed by atoms with Gasteiger partial charge in [-0.3, -0.25) is 4.79 Å². The number of carbonyl (C=O) groups is 1. The lowest BCUT2D eigenvalue weighted by Crippen LogP contribution is -2.37. The Bertz CT molecular complexity index is 880. The molecule has 2 rings (SSSR count). The van der Waals surface area contributed by atoms with Gasteiger partial charge in [0.1, 0.15) is 5.82 Å². The van der Waals surface area contributed by atoms with Gasteiger partial charge in [-0.2, -0.15) is 0 Å². The molecule has 0 aliphatic heterocycles. The van der Waals surface area contributed by atoms with Crippen molar-refractivity contribution in [2.24, 2.45) is 0 Å². The zero-order valence-electron chi connectivity index (χ0n) is 15.1. The summed E-state index contributed by atoms with van der Waals surface area (Å²) in [6.07, 6.45) is 0. The molecule has 0 saturated heterocycles. The number of nitrogens with zero attached hydrogens (tertiary/aromatic N) is 1. The summed E-state index contributed by atoms with van der Waals surface area (Å²) in [5.41, 5.74) is 2.37. The highest BCUT2D eigenvalue weighted by molar-refractivity contribution is 7.89. The maximum atomic E-state index is 13.3. The largest absolute Gasteiger partial charge is 0.337 e. The van der Waals surface area contributed by atoms with Gasteiger partial charge in [-0.05, 0) is 43.2 Å². The molecular formula is C19H23FN2O3S. The van der Waals surface area contributed by atoms with Crippen LogP contribution in [0.5, 0.6) is 0 Å². The molecule has 2 aromatic rings. The van der Waals surface area contributed by atoms with Gasteiger partial charge in [-0.25, -0.2) is 17.5 Å². The van der Waals surface area contributed by atoms with Gasteiger partial charge in [-0.1, -0.05) is 29.8 Å². The smallest absolute Gasteiger partial charge is 0.240 e. The molecule has 0 heterocycles. The van der Waals surface area contributed by atoms with Crippen molar-refractivity contribution < 1.29 is 17.6 Å². The summed E-state index contributed by atoms with van der Waals surface area (Å²) < 4.78 is 40.4. The number of hydrogen-bond acceptors (Lipinski definition) is 3. The van der Waals surface area contributed by atoms with E-state index >= 15 is 0 Å². The minimum absolute atomic E-state index is 0.00399. The van der Waals surface area contributed by atoms with Crippen LogP contribution in [0.25, 0.3) is 0 Å². The second-order valence-electron chi connectivity index (χ2n) is 6.23. The summed E-state index contributed by atoms with van der Waals surface area (Å²) in [5.74, 6) is -0.591. The predicted molar refractivity (Wildman–Crippen MR) is 98.6 cm³/mol. The van der Waals surface area contributed by atoms with E-state index in [1.54, 1.807) is 4.90 Å². The molecule has 2 aromatic carbocycles. The molecule has 0 saturated carbocycles. The summed E-state index contributed by atoms with van der Waals surface area (Å²) in [4.78, 5) is 13.4. The number of carbonyl (C=O) groups excluding carboxylic acids is 1. The second-order valence-corrected chi connectivity index (χ2v) is 8.00. The average Bonchev–Trinajstić information content (AvgIpc) is 2.58. The lowest BCUT2D eigenvalue weighted by molar-refractivity contribution is -0.129. The molecule has 7 heteroatoms. The maximum absolute atomic E-state index is 13.3. The van der Waals surface area contributed by atoms with Crippen LogP contribution in [0.4, 0.5) is 4.39 Å². The van der Waals surface area contributed by atoms with E-state index in [9.17, 15) is 17.6 Å². The zero-order chi connectivity index (χ0) is 19.3. The third kappa shape index (κ3) is 5.37. The van der Waals surface area contributed by atoms with Crippen molar-refractivity contribution in [2.75, 3.05) is 13.1 Å². The van der Waals surface area contributed by atoms with E-state index in [0.717, 1.165) is 17.2 Å². The van der Waals surface area contributed by atoms with Gasteiger partial charge in [0.2, 0.25) is 15.9 Å². The first-order chi connectivity index (χ1) is 12.2. The van der Waals surface area contributed by atoms with E-state index in [2.05, 4.69) is 4.72 Å². The van der Waals surface area contributed by atoms with Crippen LogP contribution in [0.15, 0.2) is 47.4 Å². The molecule has 1 amide bonds. The van der Waals surface area contributed by atoms with E-state index in [1.165, 1.54) is 26.0 Å². The van der Waals surface area contributed by atoms with Crippen LogP contribution in [0, 0.1) is 19.7 Å². The molecule has 0 aliphatic carbocycles. The minimum atomic E-state index is -3.75. The quantitative estimate of drug-likeness (QED) is 0.806. The van der Waals surface area contributed by atoms with Gasteiger partial charge in [0.15, 0.2) is 0 Å². The number of aryl methyl sites for hydroxylation is 2. The molecule has 0 unspecified atom stereocenters. The fourth-order valence-electron chi connectivity index (χ4n) is 2.44. The number of hydrogen-bond donors (Lipinski definition) is 1. The SMILES string of the molecule is CC(=O)N(CCNS(=O)(=O)c1ccc(F)c(C)c1)Cc1ccc(C)cc1. The van der Waals surface area contributed by atoms with Gasteiger partial charge in [0.05, 0.1) is 4.90 Å². The zero-order valence-corrected chi connectivity index (χ0v) is 15.9. The Hall–Kier alpha value is -2.25. The molecule has 0 fully saturated rings. The van der Waals surface area contributed by atoms with Gasteiger partial charge >= 0.3 is 0 Å². The Balaban J connectivity index is 1.99.